The third-order valence-corrected chi connectivity index (χ3v) is 6.56. The molecule has 176 valence electrons. The summed E-state index contributed by atoms with van der Waals surface area (Å²) in [5, 5.41) is 2.78. The average Bonchev–Trinajstić information content (AvgIpc) is 2.79. The average molecular weight is 494 g/mol. The van der Waals surface area contributed by atoms with E-state index in [0.717, 1.165) is 5.56 Å². The molecule has 1 aliphatic heterocycles. The van der Waals surface area contributed by atoms with Crippen LogP contribution in [0.1, 0.15) is 24.0 Å². The second-order valence-corrected chi connectivity index (χ2v) is 9.25. The molecule has 7 nitrogen and oxygen atoms in total. The monoisotopic (exact) mass is 493 g/mol. The summed E-state index contributed by atoms with van der Waals surface area (Å²) in [6, 6.07) is 10.8. The van der Waals surface area contributed by atoms with Crippen molar-refractivity contribution >= 4 is 41.1 Å². The highest BCUT2D eigenvalue weighted by atomic mass is 35.5. The van der Waals surface area contributed by atoms with Gasteiger partial charge in [-0.1, -0.05) is 29.8 Å². The second-order valence-electron chi connectivity index (χ2n) is 7.58. The van der Waals surface area contributed by atoms with Crippen LogP contribution in [0.25, 0.3) is 0 Å². The topological polar surface area (TPSA) is 96.5 Å². The second kappa shape index (κ2) is 11.9. The van der Waals surface area contributed by atoms with Crippen molar-refractivity contribution < 1.29 is 23.5 Å². The maximum absolute atomic E-state index is 13.8. The molecule has 10 heteroatoms. The Morgan fingerprint density at radius 3 is 2.76 bits per heavy atom. The Kier molecular flexibility index (Phi) is 8.96. The summed E-state index contributed by atoms with van der Waals surface area (Å²) in [7, 11) is 0. The molecule has 0 bridgehead atoms. The quantitative estimate of drug-likeness (QED) is 0.388. The first-order chi connectivity index (χ1) is 15.8. The van der Waals surface area contributed by atoms with Crippen molar-refractivity contribution in [3.05, 3.63) is 64.4 Å². The Labute approximate surface area is 200 Å². The molecule has 3 N–H and O–H groups in total. The molecule has 3 amide bonds. The lowest BCUT2D eigenvalue weighted by atomic mass is 10.1. The molecule has 2 atom stereocenters. The summed E-state index contributed by atoms with van der Waals surface area (Å²) in [6.45, 7) is 2.22. The molecule has 2 aromatic rings. The number of halogens is 2. The van der Waals surface area contributed by atoms with Crippen LogP contribution < -0.4 is 20.9 Å². The minimum absolute atomic E-state index is 0.156. The number of aryl methyl sites for hydroxylation is 1. The van der Waals surface area contributed by atoms with Crippen molar-refractivity contribution in [3.63, 3.8) is 0 Å². The molecule has 0 saturated carbocycles. The largest absolute Gasteiger partial charge is 0.493 e. The van der Waals surface area contributed by atoms with Crippen LogP contribution in [0, 0.1) is 12.7 Å². The van der Waals surface area contributed by atoms with E-state index < -0.39 is 17.2 Å². The van der Waals surface area contributed by atoms with Crippen LogP contribution in [-0.4, -0.2) is 41.4 Å². The van der Waals surface area contributed by atoms with Crippen molar-refractivity contribution in [1.82, 2.24) is 16.2 Å². The van der Waals surface area contributed by atoms with Crippen molar-refractivity contribution in [2.45, 2.75) is 37.5 Å². The van der Waals surface area contributed by atoms with Crippen LogP contribution in [0.5, 0.6) is 5.75 Å². The van der Waals surface area contributed by atoms with Gasteiger partial charge in [0.15, 0.2) is 0 Å². The van der Waals surface area contributed by atoms with Gasteiger partial charge in [-0.25, -0.2) is 4.39 Å². The molecule has 1 heterocycles. The molecule has 1 saturated heterocycles. The zero-order valence-electron chi connectivity index (χ0n) is 18.0. The van der Waals surface area contributed by atoms with Gasteiger partial charge in [-0.15, -0.1) is 11.8 Å². The first-order valence-electron chi connectivity index (χ1n) is 10.5. The van der Waals surface area contributed by atoms with E-state index in [1.807, 2.05) is 6.92 Å². The Balaban J connectivity index is 1.34. The van der Waals surface area contributed by atoms with Gasteiger partial charge in [0.05, 0.1) is 11.9 Å². The zero-order valence-corrected chi connectivity index (χ0v) is 19.6. The van der Waals surface area contributed by atoms with Crippen LogP contribution in [0.3, 0.4) is 0 Å². The van der Waals surface area contributed by atoms with Gasteiger partial charge in [-0.3, -0.25) is 25.2 Å². The molecule has 33 heavy (non-hydrogen) atoms. The number of hydrogen-bond donors (Lipinski definition) is 3. The number of rotatable bonds is 8. The smallest absolute Gasteiger partial charge is 0.261 e. The molecule has 0 spiro atoms. The Hall–Kier alpha value is -2.78. The van der Waals surface area contributed by atoms with Crippen molar-refractivity contribution in [2.24, 2.45) is 0 Å². The highest BCUT2D eigenvalue weighted by Crippen LogP contribution is 2.23. The van der Waals surface area contributed by atoms with Gasteiger partial charge in [-0.2, -0.15) is 0 Å². The molecule has 3 rings (SSSR count). The van der Waals surface area contributed by atoms with E-state index >= 15 is 0 Å². The number of amides is 3. The summed E-state index contributed by atoms with van der Waals surface area (Å²) in [6.07, 6.45) is 0.854. The van der Waals surface area contributed by atoms with E-state index in [9.17, 15) is 18.8 Å². The summed E-state index contributed by atoms with van der Waals surface area (Å²) in [5.41, 5.74) is 6.05. The summed E-state index contributed by atoms with van der Waals surface area (Å²) in [5.74, 6) is -0.556. The zero-order chi connectivity index (χ0) is 23.8. The van der Waals surface area contributed by atoms with Crippen LogP contribution in [0.2, 0.25) is 5.02 Å². The van der Waals surface area contributed by atoms with Gasteiger partial charge in [0.25, 0.3) is 5.91 Å². The number of hydrazine groups is 1. The molecular weight excluding hydrogens is 469 g/mol. The minimum atomic E-state index is -0.782. The Morgan fingerprint density at radius 2 is 2.03 bits per heavy atom. The minimum Gasteiger partial charge on any atom is -0.493 e. The SMILES string of the molecule is Cc1cc(Cl)ccc1OCCCC(=O)NNC(=O)[C@@H]1CS[C@H](Cc2ccccc2F)C(=O)N1. The fourth-order valence-electron chi connectivity index (χ4n) is 3.22. The molecule has 1 aliphatic rings. The molecule has 2 aromatic carbocycles. The van der Waals surface area contributed by atoms with Gasteiger partial charge in [-0.05, 0) is 55.2 Å². The van der Waals surface area contributed by atoms with Gasteiger partial charge >= 0.3 is 0 Å². The molecule has 1 fully saturated rings. The van der Waals surface area contributed by atoms with Crippen LogP contribution >= 0.6 is 23.4 Å². The van der Waals surface area contributed by atoms with Crippen molar-refractivity contribution in [1.29, 1.82) is 0 Å². The molecule has 0 radical (unpaired) electrons. The highest BCUT2D eigenvalue weighted by Gasteiger charge is 2.32. The lowest BCUT2D eigenvalue weighted by Gasteiger charge is -2.28. The van der Waals surface area contributed by atoms with Gasteiger partial charge in [0, 0.05) is 17.2 Å². The van der Waals surface area contributed by atoms with E-state index in [2.05, 4.69) is 16.2 Å². The predicted octanol–water partition coefficient (Wildman–Crippen LogP) is 2.94. The van der Waals surface area contributed by atoms with Crippen LogP contribution in [0.15, 0.2) is 42.5 Å². The Morgan fingerprint density at radius 1 is 1.24 bits per heavy atom. The van der Waals surface area contributed by atoms with Gasteiger partial charge < -0.3 is 10.1 Å². The first kappa shape index (κ1) is 24.9. The maximum atomic E-state index is 13.8. The highest BCUT2D eigenvalue weighted by molar-refractivity contribution is 8.00. The molecular formula is C23H25ClFN3O4S. The third-order valence-electron chi connectivity index (χ3n) is 5.02. The summed E-state index contributed by atoms with van der Waals surface area (Å²) < 4.78 is 19.5. The number of nitrogens with one attached hydrogen (secondary N) is 3. The van der Waals surface area contributed by atoms with Crippen molar-refractivity contribution in [3.8, 4) is 5.75 Å². The van der Waals surface area contributed by atoms with E-state index in [4.69, 9.17) is 16.3 Å². The number of thioether (sulfide) groups is 1. The van der Waals surface area contributed by atoms with Crippen molar-refractivity contribution in [2.75, 3.05) is 12.4 Å². The number of hydrogen-bond acceptors (Lipinski definition) is 5. The predicted molar refractivity (Wildman–Crippen MR) is 125 cm³/mol. The maximum Gasteiger partial charge on any atom is 0.261 e. The number of carbonyl (C=O) groups is 3. The Bertz CT molecular complexity index is 1020. The standard InChI is InChI=1S/C23H25ClFN3O4S/c1-14-11-16(24)8-9-19(14)32-10-4-7-21(29)27-28-22(30)18-13-33-20(23(31)26-18)12-15-5-2-3-6-17(15)25/h2-3,5-6,8-9,11,18,20H,4,7,10,12-13H2,1H3,(H,26,31)(H,27,29)(H,28,30)/t18-,20+/m0/s1. The van der Waals surface area contributed by atoms with Gasteiger partial charge in [0.2, 0.25) is 11.8 Å². The fourth-order valence-corrected chi connectivity index (χ4v) is 4.62. The van der Waals surface area contributed by atoms with E-state index in [1.54, 1.807) is 36.4 Å². The van der Waals surface area contributed by atoms with Crippen LogP contribution in [-0.2, 0) is 20.8 Å². The van der Waals surface area contributed by atoms with Gasteiger partial charge in [0.1, 0.15) is 17.6 Å². The third kappa shape index (κ3) is 7.36. The number of carbonyl (C=O) groups excluding carboxylic acids is 3. The summed E-state index contributed by atoms with van der Waals surface area (Å²) in [4.78, 5) is 36.6. The van der Waals surface area contributed by atoms with Crippen LogP contribution in [0.4, 0.5) is 4.39 Å². The summed E-state index contributed by atoms with van der Waals surface area (Å²) >= 11 is 7.19. The van der Waals surface area contributed by atoms with E-state index in [-0.39, 0.29) is 30.5 Å². The fraction of sp³-hybridized carbons (Fsp3) is 0.348. The number of benzene rings is 2. The lowest BCUT2D eigenvalue weighted by molar-refractivity contribution is -0.132. The normalized spacial score (nSPS) is 17.7. The first-order valence-corrected chi connectivity index (χ1v) is 11.9. The molecule has 0 unspecified atom stereocenters. The van der Waals surface area contributed by atoms with E-state index in [1.165, 1.54) is 17.8 Å². The lowest BCUT2D eigenvalue weighted by Crippen LogP contribution is -2.57. The number of ether oxygens (including phenoxy) is 1. The molecule has 0 aromatic heterocycles. The molecule has 0 aliphatic carbocycles. The van der Waals surface area contributed by atoms with E-state index in [0.29, 0.717) is 35.1 Å².